The van der Waals surface area contributed by atoms with Gasteiger partial charge < -0.3 is 5.32 Å². The SMILES string of the molecule is O=C1C[C@H](SC(=Nc2ccccc2)Nc2ccccc2)C(=O)N1c1ccc(Cl)c(Cl)c1. The summed E-state index contributed by atoms with van der Waals surface area (Å²) in [4.78, 5) is 31.5. The number of carbonyl (C=O) groups is 2. The molecule has 3 aromatic carbocycles. The molecule has 1 saturated heterocycles. The highest BCUT2D eigenvalue weighted by Gasteiger charge is 2.41. The van der Waals surface area contributed by atoms with E-state index >= 15 is 0 Å². The van der Waals surface area contributed by atoms with Gasteiger partial charge in [-0.05, 0) is 42.5 Å². The van der Waals surface area contributed by atoms with Crippen LogP contribution in [0.15, 0.2) is 83.9 Å². The molecule has 8 heteroatoms. The summed E-state index contributed by atoms with van der Waals surface area (Å²) in [6, 6.07) is 23.7. The van der Waals surface area contributed by atoms with Crippen LogP contribution in [0.3, 0.4) is 0 Å². The van der Waals surface area contributed by atoms with Crippen LogP contribution in [0.4, 0.5) is 17.1 Å². The molecule has 3 aromatic rings. The van der Waals surface area contributed by atoms with Crippen molar-refractivity contribution < 1.29 is 9.59 Å². The Morgan fingerprint density at radius 1 is 0.935 bits per heavy atom. The minimum absolute atomic E-state index is 0.0635. The summed E-state index contributed by atoms with van der Waals surface area (Å²) in [6.07, 6.45) is 0.0635. The van der Waals surface area contributed by atoms with Crippen molar-refractivity contribution in [3.63, 3.8) is 0 Å². The average Bonchev–Trinajstić information content (AvgIpc) is 3.04. The van der Waals surface area contributed by atoms with Gasteiger partial charge in [0, 0.05) is 12.1 Å². The van der Waals surface area contributed by atoms with E-state index in [2.05, 4.69) is 10.3 Å². The molecule has 0 bridgehead atoms. The molecule has 0 aliphatic carbocycles. The van der Waals surface area contributed by atoms with Gasteiger partial charge in [-0.3, -0.25) is 9.59 Å². The number of thioether (sulfide) groups is 1. The van der Waals surface area contributed by atoms with Crippen LogP contribution in [0.1, 0.15) is 6.42 Å². The van der Waals surface area contributed by atoms with E-state index in [1.54, 1.807) is 12.1 Å². The summed E-state index contributed by atoms with van der Waals surface area (Å²) in [6.45, 7) is 0. The van der Waals surface area contributed by atoms with E-state index in [4.69, 9.17) is 23.2 Å². The summed E-state index contributed by atoms with van der Waals surface area (Å²) in [5.41, 5.74) is 1.99. The molecule has 5 nitrogen and oxygen atoms in total. The molecule has 156 valence electrons. The monoisotopic (exact) mass is 469 g/mol. The largest absolute Gasteiger partial charge is 0.335 e. The predicted molar refractivity (Wildman–Crippen MR) is 129 cm³/mol. The highest BCUT2D eigenvalue weighted by Crippen LogP contribution is 2.34. The minimum atomic E-state index is -0.611. The van der Waals surface area contributed by atoms with Crippen molar-refractivity contribution in [2.45, 2.75) is 11.7 Å². The summed E-state index contributed by atoms with van der Waals surface area (Å²) in [5, 5.41) is 3.82. The summed E-state index contributed by atoms with van der Waals surface area (Å²) >= 11 is 13.3. The Morgan fingerprint density at radius 3 is 2.29 bits per heavy atom. The number of hydrogen-bond acceptors (Lipinski definition) is 4. The molecule has 1 aliphatic heterocycles. The van der Waals surface area contributed by atoms with E-state index in [0.29, 0.717) is 15.9 Å². The molecule has 0 saturated carbocycles. The van der Waals surface area contributed by atoms with Crippen LogP contribution in [0, 0.1) is 0 Å². The number of halogens is 2. The number of imide groups is 1. The number of amidine groups is 1. The van der Waals surface area contributed by atoms with Crippen molar-refractivity contribution in [3.05, 3.63) is 88.9 Å². The number of amides is 2. The highest BCUT2D eigenvalue weighted by atomic mass is 35.5. The van der Waals surface area contributed by atoms with Gasteiger partial charge in [-0.25, -0.2) is 9.89 Å². The van der Waals surface area contributed by atoms with Gasteiger partial charge in [-0.1, -0.05) is 71.4 Å². The van der Waals surface area contributed by atoms with E-state index in [1.807, 2.05) is 60.7 Å². The number of carbonyl (C=O) groups excluding carboxylic acids is 2. The third kappa shape index (κ3) is 5.10. The van der Waals surface area contributed by atoms with E-state index < -0.39 is 5.25 Å². The van der Waals surface area contributed by atoms with Gasteiger partial charge in [0.25, 0.3) is 0 Å². The van der Waals surface area contributed by atoms with Gasteiger partial charge in [0.15, 0.2) is 5.17 Å². The zero-order chi connectivity index (χ0) is 21.8. The maximum Gasteiger partial charge on any atom is 0.247 e. The van der Waals surface area contributed by atoms with Crippen LogP contribution >= 0.6 is 35.0 Å². The molecule has 0 unspecified atom stereocenters. The summed E-state index contributed by atoms with van der Waals surface area (Å²) < 4.78 is 0. The van der Waals surface area contributed by atoms with Crippen LogP contribution < -0.4 is 10.2 Å². The number of aliphatic imine (C=N–C) groups is 1. The van der Waals surface area contributed by atoms with Gasteiger partial charge in [0.2, 0.25) is 11.8 Å². The van der Waals surface area contributed by atoms with Crippen LogP contribution in [0.5, 0.6) is 0 Å². The lowest BCUT2D eigenvalue weighted by molar-refractivity contribution is -0.121. The topological polar surface area (TPSA) is 61.8 Å². The smallest absolute Gasteiger partial charge is 0.247 e. The molecule has 0 aromatic heterocycles. The number of rotatable bonds is 4. The van der Waals surface area contributed by atoms with Crippen LogP contribution in [-0.2, 0) is 9.59 Å². The lowest BCUT2D eigenvalue weighted by Gasteiger charge is -2.16. The molecular formula is C23H17Cl2N3O2S. The van der Waals surface area contributed by atoms with Crippen molar-refractivity contribution in [2.24, 2.45) is 4.99 Å². The van der Waals surface area contributed by atoms with Crippen molar-refractivity contribution in [3.8, 4) is 0 Å². The molecular weight excluding hydrogens is 453 g/mol. The number of benzene rings is 3. The highest BCUT2D eigenvalue weighted by molar-refractivity contribution is 8.15. The van der Waals surface area contributed by atoms with Crippen molar-refractivity contribution in [1.82, 2.24) is 0 Å². The average molecular weight is 470 g/mol. The molecule has 4 rings (SSSR count). The van der Waals surface area contributed by atoms with Gasteiger partial charge in [0.05, 0.1) is 21.4 Å². The molecule has 31 heavy (non-hydrogen) atoms. The number of anilines is 2. The first kappa shape index (κ1) is 21.4. The zero-order valence-corrected chi connectivity index (χ0v) is 18.5. The summed E-state index contributed by atoms with van der Waals surface area (Å²) in [5.74, 6) is -0.608. The van der Waals surface area contributed by atoms with Gasteiger partial charge >= 0.3 is 0 Å². The van der Waals surface area contributed by atoms with E-state index in [0.717, 1.165) is 16.3 Å². The third-order valence-corrected chi connectivity index (χ3v) is 6.34. The second-order valence-corrected chi connectivity index (χ2v) is 8.73. The number of para-hydroxylation sites is 2. The van der Waals surface area contributed by atoms with Gasteiger partial charge in [-0.15, -0.1) is 0 Å². The third-order valence-electron chi connectivity index (χ3n) is 4.53. The molecule has 0 radical (unpaired) electrons. The Kier molecular flexibility index (Phi) is 6.61. The minimum Gasteiger partial charge on any atom is -0.335 e. The van der Waals surface area contributed by atoms with Crippen molar-refractivity contribution in [2.75, 3.05) is 10.2 Å². The molecule has 0 spiro atoms. The zero-order valence-electron chi connectivity index (χ0n) is 16.2. The van der Waals surface area contributed by atoms with E-state index in [9.17, 15) is 9.59 Å². The Morgan fingerprint density at radius 2 is 1.61 bits per heavy atom. The lowest BCUT2D eigenvalue weighted by Crippen LogP contribution is -2.31. The summed E-state index contributed by atoms with van der Waals surface area (Å²) in [7, 11) is 0. The second-order valence-electron chi connectivity index (χ2n) is 6.72. The number of nitrogens with one attached hydrogen (secondary N) is 1. The molecule has 2 amide bonds. The van der Waals surface area contributed by atoms with E-state index in [-0.39, 0.29) is 23.3 Å². The number of nitrogens with zero attached hydrogens (tertiary/aromatic N) is 2. The van der Waals surface area contributed by atoms with Crippen LogP contribution in [-0.4, -0.2) is 22.2 Å². The normalized spacial score (nSPS) is 16.6. The van der Waals surface area contributed by atoms with Crippen molar-refractivity contribution >= 4 is 69.0 Å². The maximum atomic E-state index is 13.1. The Hall–Kier alpha value is -2.80. The quantitative estimate of drug-likeness (QED) is 0.282. The molecule has 1 heterocycles. The number of hydrogen-bond donors (Lipinski definition) is 1. The maximum absolute atomic E-state index is 13.1. The van der Waals surface area contributed by atoms with Gasteiger partial charge in [0.1, 0.15) is 5.25 Å². The first-order valence-corrected chi connectivity index (χ1v) is 11.1. The lowest BCUT2D eigenvalue weighted by atomic mass is 10.3. The first-order chi connectivity index (χ1) is 15.0. The standard InChI is InChI=1S/C23H17Cl2N3O2S/c24-18-12-11-17(13-19(18)25)28-21(29)14-20(22(28)30)31-23(26-15-7-3-1-4-8-15)27-16-9-5-2-6-10-16/h1-13,20H,14H2,(H,26,27)/t20-/m0/s1. The van der Waals surface area contributed by atoms with Crippen molar-refractivity contribution in [1.29, 1.82) is 0 Å². The molecule has 1 N–H and O–H groups in total. The fourth-order valence-electron chi connectivity index (χ4n) is 3.07. The second kappa shape index (κ2) is 9.56. The molecule has 1 fully saturated rings. The molecule has 1 atom stereocenters. The fourth-order valence-corrected chi connectivity index (χ4v) is 4.40. The van der Waals surface area contributed by atoms with E-state index in [1.165, 1.54) is 17.8 Å². The predicted octanol–water partition coefficient (Wildman–Crippen LogP) is 6.16. The Bertz CT molecular complexity index is 1140. The molecule has 1 aliphatic rings. The van der Waals surface area contributed by atoms with Gasteiger partial charge in [-0.2, -0.15) is 0 Å². The Labute approximate surface area is 194 Å². The Balaban J connectivity index is 1.59. The fraction of sp³-hybridized carbons (Fsp3) is 0.0870. The first-order valence-electron chi connectivity index (χ1n) is 9.45. The van der Waals surface area contributed by atoms with Crippen LogP contribution in [0.25, 0.3) is 0 Å². The van der Waals surface area contributed by atoms with Crippen LogP contribution in [0.2, 0.25) is 10.0 Å².